The summed E-state index contributed by atoms with van der Waals surface area (Å²) >= 11 is 14.0. The zero-order valence-electron chi connectivity index (χ0n) is 15.3. The number of rotatable bonds is 6. The Bertz CT molecular complexity index is 941. The highest BCUT2D eigenvalue weighted by Crippen LogP contribution is 2.31. The molecule has 3 heterocycles. The first-order valence-electron chi connectivity index (χ1n) is 9.21. The molecule has 0 radical (unpaired) electrons. The zero-order valence-corrected chi connectivity index (χ0v) is 17.7. The molecule has 4 rings (SSSR count). The van der Waals surface area contributed by atoms with Crippen molar-refractivity contribution in [2.75, 3.05) is 26.2 Å². The van der Waals surface area contributed by atoms with Crippen LogP contribution in [0.5, 0.6) is 5.75 Å². The van der Waals surface area contributed by atoms with Gasteiger partial charge in [-0.2, -0.15) is 0 Å². The molecule has 146 valence electrons. The maximum Gasteiger partial charge on any atom is 0.138 e. The predicted molar refractivity (Wildman–Crippen MR) is 116 cm³/mol. The maximum atomic E-state index is 6.22. The Hall–Kier alpha value is -1.63. The number of benzene rings is 1. The SMILES string of the molecule is Clc1ccc(COc2cncc(-c3ccc(CN4CCNCC4)s3)c2)c(Cl)c1. The number of thiophene rings is 1. The highest BCUT2D eigenvalue weighted by atomic mass is 35.5. The van der Waals surface area contributed by atoms with Crippen LogP contribution >= 0.6 is 34.5 Å². The number of nitrogens with one attached hydrogen (secondary N) is 1. The van der Waals surface area contributed by atoms with Crippen molar-refractivity contribution >= 4 is 34.5 Å². The van der Waals surface area contributed by atoms with Gasteiger partial charge in [-0.1, -0.05) is 29.3 Å². The van der Waals surface area contributed by atoms with Crippen LogP contribution in [-0.2, 0) is 13.2 Å². The average molecular weight is 434 g/mol. The molecule has 3 aromatic rings. The van der Waals surface area contributed by atoms with Gasteiger partial charge in [-0.15, -0.1) is 11.3 Å². The second-order valence-electron chi connectivity index (χ2n) is 6.73. The van der Waals surface area contributed by atoms with E-state index in [1.54, 1.807) is 12.3 Å². The summed E-state index contributed by atoms with van der Waals surface area (Å²) in [6.45, 7) is 5.72. The van der Waals surface area contributed by atoms with E-state index in [9.17, 15) is 0 Å². The van der Waals surface area contributed by atoms with Crippen molar-refractivity contribution in [2.45, 2.75) is 13.2 Å². The van der Waals surface area contributed by atoms with Gasteiger partial charge in [-0.05, 0) is 30.3 Å². The number of aromatic nitrogens is 1. The number of halogens is 2. The fraction of sp³-hybridized carbons (Fsp3) is 0.286. The molecule has 0 saturated carbocycles. The molecule has 7 heteroatoms. The highest BCUT2D eigenvalue weighted by Gasteiger charge is 2.12. The van der Waals surface area contributed by atoms with Crippen molar-refractivity contribution in [3.05, 3.63) is 69.3 Å². The van der Waals surface area contributed by atoms with Crippen LogP contribution in [0.15, 0.2) is 48.8 Å². The standard InChI is InChI=1S/C21H21Cl2N3OS/c22-17-2-1-15(20(23)10-17)14-27-18-9-16(11-25-12-18)21-4-3-19(28-21)13-26-7-5-24-6-8-26/h1-4,9-12,24H,5-8,13-14H2. The van der Waals surface area contributed by atoms with Crippen LogP contribution in [0, 0.1) is 0 Å². The van der Waals surface area contributed by atoms with Crippen LogP contribution in [0.2, 0.25) is 10.0 Å². The molecule has 1 N–H and O–H groups in total. The molecule has 1 aromatic carbocycles. The molecule has 4 nitrogen and oxygen atoms in total. The van der Waals surface area contributed by atoms with Gasteiger partial charge in [0.1, 0.15) is 12.4 Å². The van der Waals surface area contributed by atoms with Gasteiger partial charge in [0.15, 0.2) is 0 Å². The lowest BCUT2D eigenvalue weighted by Gasteiger charge is -2.26. The Morgan fingerprint density at radius 1 is 1.07 bits per heavy atom. The van der Waals surface area contributed by atoms with E-state index in [1.165, 1.54) is 9.75 Å². The number of hydrogen-bond donors (Lipinski definition) is 1. The summed E-state index contributed by atoms with van der Waals surface area (Å²) in [5.74, 6) is 0.723. The van der Waals surface area contributed by atoms with Gasteiger partial charge in [0.05, 0.1) is 6.20 Å². The molecular formula is C21H21Cl2N3OS. The number of piperazine rings is 1. The fourth-order valence-electron chi connectivity index (χ4n) is 3.14. The predicted octanol–water partition coefficient (Wildman–Crippen LogP) is 5.10. The van der Waals surface area contributed by atoms with Gasteiger partial charge in [0.2, 0.25) is 0 Å². The summed E-state index contributed by atoms with van der Waals surface area (Å²) in [6, 6.07) is 11.8. The third-order valence-corrected chi connectivity index (χ3v) is 6.36. The first kappa shape index (κ1) is 19.7. The van der Waals surface area contributed by atoms with Crippen molar-refractivity contribution in [3.8, 4) is 16.2 Å². The Morgan fingerprint density at radius 2 is 1.93 bits per heavy atom. The minimum atomic E-state index is 0.375. The lowest BCUT2D eigenvalue weighted by Crippen LogP contribution is -2.42. The minimum absolute atomic E-state index is 0.375. The van der Waals surface area contributed by atoms with Crippen LogP contribution in [0.25, 0.3) is 10.4 Å². The molecule has 28 heavy (non-hydrogen) atoms. The molecule has 1 aliphatic rings. The Balaban J connectivity index is 1.42. The molecule has 0 atom stereocenters. The molecule has 0 aliphatic carbocycles. The molecule has 1 saturated heterocycles. The average Bonchev–Trinajstić information content (AvgIpc) is 3.17. The molecular weight excluding hydrogens is 413 g/mol. The van der Waals surface area contributed by atoms with Crippen molar-refractivity contribution in [2.24, 2.45) is 0 Å². The van der Waals surface area contributed by atoms with Crippen molar-refractivity contribution < 1.29 is 4.74 Å². The molecule has 0 spiro atoms. The van der Waals surface area contributed by atoms with Crippen molar-refractivity contribution in [1.29, 1.82) is 0 Å². The summed E-state index contributed by atoms with van der Waals surface area (Å²) < 4.78 is 5.90. The van der Waals surface area contributed by atoms with Crippen LogP contribution < -0.4 is 10.1 Å². The lowest BCUT2D eigenvalue weighted by molar-refractivity contribution is 0.235. The normalized spacial score (nSPS) is 14.9. The summed E-state index contributed by atoms with van der Waals surface area (Å²) in [6.07, 6.45) is 3.60. The Kier molecular flexibility index (Phi) is 6.50. The van der Waals surface area contributed by atoms with Gasteiger partial charge in [0.25, 0.3) is 0 Å². The number of hydrogen-bond acceptors (Lipinski definition) is 5. The largest absolute Gasteiger partial charge is 0.487 e. The van der Waals surface area contributed by atoms with E-state index in [1.807, 2.05) is 35.7 Å². The first-order valence-corrected chi connectivity index (χ1v) is 10.8. The third kappa shape index (κ3) is 5.04. The van der Waals surface area contributed by atoms with Crippen LogP contribution in [0.3, 0.4) is 0 Å². The molecule has 1 aliphatic heterocycles. The molecule has 1 fully saturated rings. The van der Waals surface area contributed by atoms with E-state index < -0.39 is 0 Å². The van der Waals surface area contributed by atoms with Gasteiger partial charge >= 0.3 is 0 Å². The molecule has 2 aromatic heterocycles. The monoisotopic (exact) mass is 433 g/mol. The highest BCUT2D eigenvalue weighted by molar-refractivity contribution is 7.15. The van der Waals surface area contributed by atoms with E-state index in [-0.39, 0.29) is 0 Å². The first-order chi connectivity index (χ1) is 13.7. The van der Waals surface area contributed by atoms with E-state index in [4.69, 9.17) is 27.9 Å². The van der Waals surface area contributed by atoms with Crippen LogP contribution in [0.1, 0.15) is 10.4 Å². The summed E-state index contributed by atoms with van der Waals surface area (Å²) in [5.41, 5.74) is 1.96. The van der Waals surface area contributed by atoms with Gasteiger partial charge in [-0.25, -0.2) is 0 Å². The van der Waals surface area contributed by atoms with Crippen LogP contribution in [-0.4, -0.2) is 36.1 Å². The lowest BCUT2D eigenvalue weighted by atomic mass is 10.2. The second-order valence-corrected chi connectivity index (χ2v) is 8.74. The van der Waals surface area contributed by atoms with Gasteiger partial charge < -0.3 is 10.1 Å². The molecule has 0 bridgehead atoms. The molecule has 0 unspecified atom stereocenters. The van der Waals surface area contributed by atoms with Gasteiger partial charge in [0, 0.05) is 69.8 Å². The molecule has 0 amide bonds. The Labute approximate surface area is 179 Å². The number of pyridine rings is 1. The van der Waals surface area contributed by atoms with E-state index in [0.717, 1.165) is 49.6 Å². The zero-order chi connectivity index (χ0) is 19.3. The van der Waals surface area contributed by atoms with Crippen molar-refractivity contribution in [3.63, 3.8) is 0 Å². The smallest absolute Gasteiger partial charge is 0.138 e. The second kappa shape index (κ2) is 9.25. The summed E-state index contributed by atoms with van der Waals surface area (Å²) in [7, 11) is 0. The number of nitrogens with zero attached hydrogens (tertiary/aromatic N) is 2. The summed E-state index contributed by atoms with van der Waals surface area (Å²) in [5, 5.41) is 4.61. The topological polar surface area (TPSA) is 37.4 Å². The Morgan fingerprint density at radius 3 is 2.75 bits per heavy atom. The van der Waals surface area contributed by atoms with E-state index >= 15 is 0 Å². The van der Waals surface area contributed by atoms with E-state index in [2.05, 4.69) is 27.3 Å². The van der Waals surface area contributed by atoms with Crippen molar-refractivity contribution in [1.82, 2.24) is 15.2 Å². The van der Waals surface area contributed by atoms with E-state index in [0.29, 0.717) is 16.7 Å². The maximum absolute atomic E-state index is 6.22. The number of ether oxygens (including phenoxy) is 1. The summed E-state index contributed by atoms with van der Waals surface area (Å²) in [4.78, 5) is 9.40. The van der Waals surface area contributed by atoms with Crippen LogP contribution in [0.4, 0.5) is 0 Å². The fourth-order valence-corrected chi connectivity index (χ4v) is 4.63. The third-order valence-electron chi connectivity index (χ3n) is 4.66. The quantitative estimate of drug-likeness (QED) is 0.586. The van der Waals surface area contributed by atoms with Gasteiger partial charge in [-0.3, -0.25) is 9.88 Å². The minimum Gasteiger partial charge on any atom is -0.487 e.